The van der Waals surface area contributed by atoms with E-state index in [9.17, 15) is 9.59 Å². The molecule has 0 saturated carbocycles. The molecule has 66 heavy (non-hydrogen) atoms. The molecule has 0 aliphatic carbocycles. The maximum atomic E-state index is 12.8. The van der Waals surface area contributed by atoms with E-state index in [1.165, 1.54) is 103 Å². The monoisotopic (exact) mass is 917 g/mol. The van der Waals surface area contributed by atoms with Gasteiger partial charge < -0.3 is 14.2 Å². The van der Waals surface area contributed by atoms with Gasteiger partial charge in [0, 0.05) is 19.4 Å². The third kappa shape index (κ3) is 53.4. The van der Waals surface area contributed by atoms with Crippen molar-refractivity contribution < 1.29 is 23.8 Å². The molecule has 0 bridgehead atoms. The molecule has 0 aliphatic rings. The molecule has 0 heterocycles. The van der Waals surface area contributed by atoms with E-state index in [0.29, 0.717) is 19.4 Å². The SMILES string of the molecule is CC/C=C\C/C=C\C/C=C\C/C=C\C/C=C\CCCCCC(=O)OC[C@@H](COCCCCCCCCCCCCCCCCCC)OC(=O)CCCCCCC/C=C\C/C=C\C/C=C\CC. The van der Waals surface area contributed by atoms with E-state index in [-0.39, 0.29) is 25.2 Å². The Morgan fingerprint density at radius 3 is 1.11 bits per heavy atom. The minimum absolute atomic E-state index is 0.0583. The summed E-state index contributed by atoms with van der Waals surface area (Å²) in [5, 5.41) is 0. The number of carbonyl (C=O) groups excluding carboxylic acids is 2. The van der Waals surface area contributed by atoms with E-state index in [2.05, 4.69) is 118 Å². The fourth-order valence-corrected chi connectivity index (χ4v) is 7.55. The van der Waals surface area contributed by atoms with Crippen LogP contribution in [-0.2, 0) is 23.8 Å². The molecule has 5 nitrogen and oxygen atoms in total. The van der Waals surface area contributed by atoms with Gasteiger partial charge in [-0.15, -0.1) is 0 Å². The second-order valence-corrected chi connectivity index (χ2v) is 18.1. The van der Waals surface area contributed by atoms with Crippen LogP contribution in [0.15, 0.2) is 97.2 Å². The highest BCUT2D eigenvalue weighted by atomic mass is 16.6. The minimum Gasteiger partial charge on any atom is -0.462 e. The second-order valence-electron chi connectivity index (χ2n) is 18.1. The molecule has 0 aromatic rings. The van der Waals surface area contributed by atoms with Gasteiger partial charge in [0.2, 0.25) is 0 Å². The van der Waals surface area contributed by atoms with Gasteiger partial charge in [0.05, 0.1) is 6.61 Å². The number of unbranched alkanes of at least 4 members (excludes halogenated alkanes) is 23. The van der Waals surface area contributed by atoms with Crippen LogP contribution in [0.1, 0.15) is 252 Å². The standard InChI is InChI=1S/C61H104O5/c1-4-7-10-13-16-19-22-25-28-30-31-32-34-36-39-42-45-48-51-54-60(62)65-58-59(57-64-56-53-50-47-44-41-38-35-29-26-23-20-17-14-11-8-5-2)66-61(63)55-52-49-46-43-40-37-33-27-24-21-18-15-12-9-6-3/h7,9-10,12,16,18-19,21,25,27-28,31-33,36,39,59H,4-6,8,11,13-15,17,20,22-24,26,29-30,34-35,37-38,40-58H2,1-3H3/b10-7-,12-9-,19-16-,21-18-,28-25-,32-31-,33-27-,39-36-/t59-/m1/s1. The molecule has 0 spiro atoms. The number of rotatable bonds is 50. The van der Waals surface area contributed by atoms with Crippen LogP contribution in [0.2, 0.25) is 0 Å². The third-order valence-corrected chi connectivity index (χ3v) is 11.6. The third-order valence-electron chi connectivity index (χ3n) is 11.6. The number of carbonyl (C=O) groups is 2. The number of ether oxygens (including phenoxy) is 3. The zero-order valence-corrected chi connectivity index (χ0v) is 43.4. The zero-order valence-electron chi connectivity index (χ0n) is 43.4. The van der Waals surface area contributed by atoms with Crippen LogP contribution in [0.3, 0.4) is 0 Å². The van der Waals surface area contributed by atoms with Gasteiger partial charge in [0.1, 0.15) is 6.61 Å². The number of hydrogen-bond donors (Lipinski definition) is 0. The lowest BCUT2D eigenvalue weighted by Gasteiger charge is -2.18. The molecule has 0 radical (unpaired) electrons. The van der Waals surface area contributed by atoms with Crippen molar-refractivity contribution in [1.29, 1.82) is 0 Å². The smallest absolute Gasteiger partial charge is 0.306 e. The van der Waals surface area contributed by atoms with Crippen molar-refractivity contribution in [2.45, 2.75) is 258 Å². The highest BCUT2D eigenvalue weighted by molar-refractivity contribution is 5.70. The molecule has 0 saturated heterocycles. The lowest BCUT2D eigenvalue weighted by molar-refractivity contribution is -0.163. The van der Waals surface area contributed by atoms with E-state index in [1.807, 2.05) is 0 Å². The number of hydrogen-bond acceptors (Lipinski definition) is 5. The van der Waals surface area contributed by atoms with Crippen molar-refractivity contribution in [3.8, 4) is 0 Å². The van der Waals surface area contributed by atoms with Crippen LogP contribution in [0, 0.1) is 0 Å². The summed E-state index contributed by atoms with van der Waals surface area (Å²) in [6, 6.07) is 0. The average molecular weight is 917 g/mol. The maximum Gasteiger partial charge on any atom is 0.306 e. The van der Waals surface area contributed by atoms with Crippen LogP contribution in [0.5, 0.6) is 0 Å². The fourth-order valence-electron chi connectivity index (χ4n) is 7.55. The molecular weight excluding hydrogens is 813 g/mol. The highest BCUT2D eigenvalue weighted by Crippen LogP contribution is 2.15. The van der Waals surface area contributed by atoms with Gasteiger partial charge in [0.25, 0.3) is 0 Å². The Morgan fingerprint density at radius 2 is 0.682 bits per heavy atom. The predicted molar refractivity (Wildman–Crippen MR) is 288 cm³/mol. The summed E-state index contributed by atoms with van der Waals surface area (Å²) in [6.07, 6.45) is 75.6. The first-order valence-corrected chi connectivity index (χ1v) is 27.8. The van der Waals surface area contributed by atoms with Gasteiger partial charge in [-0.05, 0) is 96.3 Å². The van der Waals surface area contributed by atoms with Crippen molar-refractivity contribution in [2.24, 2.45) is 0 Å². The first kappa shape index (κ1) is 62.8. The Hall–Kier alpha value is -3.18. The Labute approximate surface area is 409 Å². The van der Waals surface area contributed by atoms with Crippen molar-refractivity contribution in [1.82, 2.24) is 0 Å². The predicted octanol–water partition coefficient (Wildman–Crippen LogP) is 19.0. The first-order chi connectivity index (χ1) is 32.6. The first-order valence-electron chi connectivity index (χ1n) is 27.8. The molecule has 0 amide bonds. The molecule has 0 aromatic heterocycles. The van der Waals surface area contributed by atoms with Gasteiger partial charge in [0.15, 0.2) is 6.10 Å². The van der Waals surface area contributed by atoms with Gasteiger partial charge in [-0.25, -0.2) is 0 Å². The van der Waals surface area contributed by atoms with Crippen LogP contribution in [0.25, 0.3) is 0 Å². The average Bonchev–Trinajstić information content (AvgIpc) is 3.32. The molecular formula is C61H104O5. The number of allylic oxidation sites excluding steroid dienone is 16. The van der Waals surface area contributed by atoms with Crippen molar-refractivity contribution in [3.05, 3.63) is 97.2 Å². The Kier molecular flexibility index (Phi) is 53.4. The summed E-state index contributed by atoms with van der Waals surface area (Å²) >= 11 is 0. The lowest BCUT2D eigenvalue weighted by Crippen LogP contribution is -2.30. The molecule has 0 fully saturated rings. The molecule has 0 unspecified atom stereocenters. The van der Waals surface area contributed by atoms with Crippen molar-refractivity contribution in [2.75, 3.05) is 19.8 Å². The van der Waals surface area contributed by atoms with Crippen LogP contribution < -0.4 is 0 Å². The van der Waals surface area contributed by atoms with Gasteiger partial charge >= 0.3 is 11.9 Å². The van der Waals surface area contributed by atoms with Gasteiger partial charge in [-0.3, -0.25) is 9.59 Å². The summed E-state index contributed by atoms with van der Waals surface area (Å²) in [6.45, 7) is 7.57. The normalized spacial score (nSPS) is 13.0. The Bertz CT molecular complexity index is 1270. The molecule has 0 aliphatic heterocycles. The maximum absolute atomic E-state index is 12.8. The van der Waals surface area contributed by atoms with E-state index >= 15 is 0 Å². The van der Waals surface area contributed by atoms with E-state index in [1.54, 1.807) is 0 Å². The van der Waals surface area contributed by atoms with Gasteiger partial charge in [-0.1, -0.05) is 240 Å². The van der Waals surface area contributed by atoms with E-state index in [0.717, 1.165) is 116 Å². The minimum atomic E-state index is -0.563. The summed E-state index contributed by atoms with van der Waals surface area (Å²) < 4.78 is 17.4. The topological polar surface area (TPSA) is 61.8 Å². The second kappa shape index (κ2) is 56.1. The zero-order chi connectivity index (χ0) is 47.7. The molecule has 0 N–H and O–H groups in total. The van der Waals surface area contributed by atoms with Crippen LogP contribution in [-0.4, -0.2) is 37.9 Å². The molecule has 0 rings (SSSR count). The molecule has 378 valence electrons. The molecule has 1 atom stereocenters. The summed E-state index contributed by atoms with van der Waals surface area (Å²) in [4.78, 5) is 25.5. The Morgan fingerprint density at radius 1 is 0.348 bits per heavy atom. The summed E-state index contributed by atoms with van der Waals surface area (Å²) in [5.41, 5.74) is 0. The molecule has 0 aromatic carbocycles. The van der Waals surface area contributed by atoms with Crippen molar-refractivity contribution in [3.63, 3.8) is 0 Å². The van der Waals surface area contributed by atoms with Crippen molar-refractivity contribution >= 4 is 11.9 Å². The summed E-state index contributed by atoms with van der Waals surface area (Å²) in [5.74, 6) is -0.451. The van der Waals surface area contributed by atoms with Gasteiger partial charge in [-0.2, -0.15) is 0 Å². The largest absolute Gasteiger partial charge is 0.462 e. The quantitative estimate of drug-likeness (QED) is 0.0346. The summed E-state index contributed by atoms with van der Waals surface area (Å²) in [7, 11) is 0. The Balaban J connectivity index is 4.36. The lowest BCUT2D eigenvalue weighted by atomic mass is 10.0. The van der Waals surface area contributed by atoms with E-state index in [4.69, 9.17) is 14.2 Å². The number of esters is 2. The van der Waals surface area contributed by atoms with Crippen LogP contribution >= 0.6 is 0 Å². The molecule has 5 heteroatoms. The highest BCUT2D eigenvalue weighted by Gasteiger charge is 2.17. The van der Waals surface area contributed by atoms with Crippen LogP contribution in [0.4, 0.5) is 0 Å². The fraction of sp³-hybridized carbons (Fsp3) is 0.705. The van der Waals surface area contributed by atoms with E-state index < -0.39 is 6.10 Å².